The molecule has 4 aromatic rings. The highest BCUT2D eigenvalue weighted by Crippen LogP contribution is 2.30. The molecule has 1 aromatic heterocycles. The number of nitrogens with zero attached hydrogens (tertiary/aromatic N) is 5. The van der Waals surface area contributed by atoms with E-state index in [1.54, 1.807) is 22.9 Å². The van der Waals surface area contributed by atoms with Crippen LogP contribution in [0.1, 0.15) is 28.5 Å². The lowest BCUT2D eigenvalue weighted by atomic mass is 10.1. The van der Waals surface area contributed by atoms with Crippen molar-refractivity contribution in [2.24, 2.45) is 0 Å². The first-order valence-corrected chi connectivity index (χ1v) is 13.0. The largest absolute Gasteiger partial charge is 0.492 e. The number of nitro benzene ring substituents is 1. The van der Waals surface area contributed by atoms with Gasteiger partial charge in [-0.2, -0.15) is 5.10 Å². The van der Waals surface area contributed by atoms with E-state index in [0.29, 0.717) is 49.7 Å². The molecule has 9 nitrogen and oxygen atoms in total. The topological polar surface area (TPSA) is 93.7 Å². The number of para-hydroxylation sites is 2. The molecule has 0 unspecified atom stereocenters. The lowest BCUT2D eigenvalue weighted by Crippen LogP contribution is -2.49. The van der Waals surface area contributed by atoms with Crippen LogP contribution in [0.4, 0.5) is 11.4 Å². The van der Waals surface area contributed by atoms with Crippen molar-refractivity contribution in [3.05, 3.63) is 99.7 Å². The summed E-state index contributed by atoms with van der Waals surface area (Å²) in [6.45, 7) is 9.07. The average molecular weight is 526 g/mol. The Morgan fingerprint density at radius 3 is 2.33 bits per heavy atom. The zero-order valence-corrected chi connectivity index (χ0v) is 22.3. The van der Waals surface area contributed by atoms with E-state index in [0.717, 1.165) is 28.3 Å². The summed E-state index contributed by atoms with van der Waals surface area (Å²) in [6.07, 6.45) is 0. The number of aryl methyl sites for hydroxylation is 2. The number of carbonyl (C=O) groups excluding carboxylic acids is 1. The van der Waals surface area contributed by atoms with Crippen molar-refractivity contribution in [1.29, 1.82) is 0 Å². The van der Waals surface area contributed by atoms with Crippen molar-refractivity contribution in [2.75, 3.05) is 37.7 Å². The molecule has 2 heterocycles. The summed E-state index contributed by atoms with van der Waals surface area (Å²) in [5.74, 6) is 0.744. The number of hydrogen-bond acceptors (Lipinski definition) is 6. The third kappa shape index (κ3) is 5.34. The molecular formula is C30H31N5O4. The molecule has 0 radical (unpaired) electrons. The van der Waals surface area contributed by atoms with Crippen LogP contribution in [0.15, 0.2) is 72.8 Å². The van der Waals surface area contributed by atoms with E-state index in [1.807, 2.05) is 62.1 Å². The minimum atomic E-state index is -0.431. The lowest BCUT2D eigenvalue weighted by molar-refractivity contribution is -0.384. The molecule has 39 heavy (non-hydrogen) atoms. The monoisotopic (exact) mass is 525 g/mol. The van der Waals surface area contributed by atoms with Crippen LogP contribution < -0.4 is 9.64 Å². The van der Waals surface area contributed by atoms with Gasteiger partial charge < -0.3 is 14.5 Å². The number of amides is 1. The molecule has 3 aromatic carbocycles. The quantitative estimate of drug-likeness (QED) is 0.236. The van der Waals surface area contributed by atoms with Crippen LogP contribution in [0, 0.1) is 24.0 Å². The Morgan fingerprint density at radius 1 is 0.949 bits per heavy atom. The maximum Gasteiger partial charge on any atom is 0.272 e. The number of anilines is 1. The first-order chi connectivity index (χ1) is 18.9. The number of ether oxygens (including phenoxy) is 1. The van der Waals surface area contributed by atoms with E-state index >= 15 is 0 Å². The highest BCUT2D eigenvalue weighted by atomic mass is 16.6. The molecule has 0 saturated carbocycles. The summed E-state index contributed by atoms with van der Waals surface area (Å²) < 4.78 is 7.51. The second kappa shape index (κ2) is 11.0. The fourth-order valence-electron chi connectivity index (χ4n) is 4.96. The molecule has 0 N–H and O–H groups in total. The predicted molar refractivity (Wildman–Crippen MR) is 151 cm³/mol. The zero-order valence-electron chi connectivity index (χ0n) is 22.3. The molecule has 1 saturated heterocycles. The predicted octanol–water partition coefficient (Wildman–Crippen LogP) is 5.43. The number of benzene rings is 3. The van der Waals surface area contributed by atoms with Gasteiger partial charge in [-0.15, -0.1) is 0 Å². The second-order valence-electron chi connectivity index (χ2n) is 9.60. The maximum absolute atomic E-state index is 13.9. The normalized spacial score (nSPS) is 13.4. The van der Waals surface area contributed by atoms with Crippen LogP contribution in [0.2, 0.25) is 0 Å². The van der Waals surface area contributed by atoms with Crippen molar-refractivity contribution in [2.45, 2.75) is 20.8 Å². The van der Waals surface area contributed by atoms with Crippen LogP contribution in [0.3, 0.4) is 0 Å². The molecule has 1 aliphatic rings. The number of piperazine rings is 1. The van der Waals surface area contributed by atoms with E-state index in [-0.39, 0.29) is 11.6 Å². The van der Waals surface area contributed by atoms with Gasteiger partial charge in [0.2, 0.25) is 0 Å². The van der Waals surface area contributed by atoms with Crippen molar-refractivity contribution in [3.63, 3.8) is 0 Å². The number of non-ortho nitro benzene ring substituents is 1. The molecule has 0 aliphatic carbocycles. The smallest absolute Gasteiger partial charge is 0.272 e. The minimum absolute atomic E-state index is 0.00708. The van der Waals surface area contributed by atoms with Gasteiger partial charge in [0.05, 0.1) is 28.6 Å². The van der Waals surface area contributed by atoms with Gasteiger partial charge in [-0.3, -0.25) is 14.9 Å². The van der Waals surface area contributed by atoms with E-state index < -0.39 is 4.92 Å². The summed E-state index contributed by atoms with van der Waals surface area (Å²) >= 11 is 0. The SMILES string of the molecule is CCOc1ccccc1N1CCN(C(=O)c2cc(-c3ccc([N+](=O)[O-])cc3)nn2-c2ccc(C)cc2C)CC1. The summed E-state index contributed by atoms with van der Waals surface area (Å²) in [5, 5.41) is 15.9. The first-order valence-electron chi connectivity index (χ1n) is 13.0. The summed E-state index contributed by atoms with van der Waals surface area (Å²) in [7, 11) is 0. The Kier molecular flexibility index (Phi) is 7.31. The van der Waals surface area contributed by atoms with Crippen molar-refractivity contribution in [3.8, 4) is 22.7 Å². The Balaban J connectivity index is 1.44. The van der Waals surface area contributed by atoms with Gasteiger partial charge in [-0.25, -0.2) is 4.68 Å². The van der Waals surface area contributed by atoms with Crippen LogP contribution >= 0.6 is 0 Å². The van der Waals surface area contributed by atoms with Gasteiger partial charge in [0.25, 0.3) is 11.6 Å². The molecule has 0 spiro atoms. The van der Waals surface area contributed by atoms with Crippen molar-refractivity contribution < 1.29 is 14.5 Å². The Bertz CT molecular complexity index is 1500. The number of carbonyl (C=O) groups is 1. The Hall–Kier alpha value is -4.66. The zero-order chi connectivity index (χ0) is 27.5. The molecule has 9 heteroatoms. The molecule has 200 valence electrons. The molecule has 1 fully saturated rings. The molecule has 5 rings (SSSR count). The molecule has 1 amide bonds. The summed E-state index contributed by atoms with van der Waals surface area (Å²) in [4.78, 5) is 28.7. The highest BCUT2D eigenvalue weighted by Gasteiger charge is 2.27. The Morgan fingerprint density at radius 2 is 1.67 bits per heavy atom. The van der Waals surface area contributed by atoms with E-state index in [4.69, 9.17) is 9.84 Å². The van der Waals surface area contributed by atoms with E-state index in [9.17, 15) is 14.9 Å². The average Bonchev–Trinajstić information content (AvgIpc) is 3.38. The van der Waals surface area contributed by atoms with Crippen LogP contribution in [-0.2, 0) is 0 Å². The second-order valence-corrected chi connectivity index (χ2v) is 9.60. The van der Waals surface area contributed by atoms with E-state index in [2.05, 4.69) is 11.0 Å². The molecule has 1 aliphatic heterocycles. The van der Waals surface area contributed by atoms with Crippen molar-refractivity contribution in [1.82, 2.24) is 14.7 Å². The van der Waals surface area contributed by atoms with Crippen molar-refractivity contribution >= 4 is 17.3 Å². The summed E-state index contributed by atoms with van der Waals surface area (Å²) in [6, 6.07) is 22.0. The van der Waals surface area contributed by atoms with Crippen LogP contribution in [-0.4, -0.2) is 58.3 Å². The number of hydrogen-bond donors (Lipinski definition) is 0. The third-order valence-electron chi connectivity index (χ3n) is 6.96. The summed E-state index contributed by atoms with van der Waals surface area (Å²) in [5.41, 5.74) is 5.72. The van der Waals surface area contributed by atoms with Gasteiger partial charge in [-0.1, -0.05) is 29.8 Å². The molecule has 0 bridgehead atoms. The third-order valence-corrected chi connectivity index (χ3v) is 6.96. The number of rotatable bonds is 7. The lowest BCUT2D eigenvalue weighted by Gasteiger charge is -2.36. The van der Waals surface area contributed by atoms with Gasteiger partial charge in [-0.05, 0) is 62.7 Å². The maximum atomic E-state index is 13.9. The fourth-order valence-corrected chi connectivity index (χ4v) is 4.96. The number of aromatic nitrogens is 2. The number of nitro groups is 1. The van der Waals surface area contributed by atoms with Gasteiger partial charge in [0.1, 0.15) is 11.4 Å². The fraction of sp³-hybridized carbons (Fsp3) is 0.267. The Labute approximate surface area is 227 Å². The van der Waals surface area contributed by atoms with Gasteiger partial charge >= 0.3 is 0 Å². The van der Waals surface area contributed by atoms with E-state index in [1.165, 1.54) is 12.1 Å². The first kappa shape index (κ1) is 26.0. The molecule has 0 atom stereocenters. The molecular weight excluding hydrogens is 494 g/mol. The van der Waals surface area contributed by atoms with Crippen LogP contribution in [0.5, 0.6) is 5.75 Å². The highest BCUT2D eigenvalue weighted by molar-refractivity contribution is 5.94. The minimum Gasteiger partial charge on any atom is -0.492 e. The van der Waals surface area contributed by atoms with Gasteiger partial charge in [0, 0.05) is 43.9 Å². The standard InChI is InChI=1S/C30H31N5O4/c1-4-39-29-8-6-5-7-27(29)32-15-17-33(18-16-32)30(36)28-20-25(23-10-12-24(13-11-23)35(37)38)31-34(28)26-14-9-21(2)19-22(26)3/h5-14,19-20H,4,15-18H2,1-3H3. The van der Waals surface area contributed by atoms with Gasteiger partial charge in [0.15, 0.2) is 0 Å². The van der Waals surface area contributed by atoms with Crippen LogP contribution in [0.25, 0.3) is 16.9 Å².